The molecule has 6 heteroatoms. The highest BCUT2D eigenvalue weighted by Crippen LogP contribution is 2.23. The van der Waals surface area contributed by atoms with E-state index in [1.54, 1.807) is 32.9 Å². The molecule has 0 fully saturated rings. The van der Waals surface area contributed by atoms with Gasteiger partial charge in [0, 0.05) is 11.4 Å². The Morgan fingerprint density at radius 3 is 2.35 bits per heavy atom. The number of ether oxygens (including phenoxy) is 1. The zero-order valence-electron chi connectivity index (χ0n) is 15.0. The van der Waals surface area contributed by atoms with E-state index in [0.717, 1.165) is 16.7 Å². The molecule has 138 valence electrons. The lowest BCUT2D eigenvalue weighted by Gasteiger charge is -2.22. The molecule has 5 nitrogen and oxygen atoms in total. The van der Waals surface area contributed by atoms with E-state index >= 15 is 0 Å². The van der Waals surface area contributed by atoms with Crippen LogP contribution in [0.3, 0.4) is 0 Å². The minimum Gasteiger partial charge on any atom is -0.480 e. The number of carbonyl (C=O) groups excluding carboxylic acids is 1. The Kier molecular flexibility index (Phi) is 6.27. The highest BCUT2D eigenvalue weighted by atomic mass is 35.5. The van der Waals surface area contributed by atoms with Crippen molar-refractivity contribution in [2.24, 2.45) is 0 Å². The maximum atomic E-state index is 11.9. The average molecular weight is 376 g/mol. The molecule has 2 N–H and O–H groups in total. The molecule has 0 aromatic heterocycles. The predicted octanol–water partition coefficient (Wildman–Crippen LogP) is 4.53. The molecule has 0 aliphatic carbocycles. The Morgan fingerprint density at radius 2 is 1.77 bits per heavy atom. The molecule has 2 rings (SSSR count). The number of halogens is 1. The number of carbonyl (C=O) groups is 2. The highest BCUT2D eigenvalue weighted by Gasteiger charge is 2.24. The van der Waals surface area contributed by atoms with Crippen LogP contribution in [-0.4, -0.2) is 28.8 Å². The minimum atomic E-state index is -1.12. The fourth-order valence-corrected chi connectivity index (χ4v) is 2.53. The van der Waals surface area contributed by atoms with Gasteiger partial charge in [0.1, 0.15) is 11.6 Å². The topological polar surface area (TPSA) is 75.6 Å². The Bertz CT molecular complexity index is 781. The molecule has 0 spiro atoms. The molecule has 0 aliphatic heterocycles. The number of hydrogen-bond acceptors (Lipinski definition) is 3. The molecule has 0 aliphatic rings. The van der Waals surface area contributed by atoms with Crippen LogP contribution in [0.5, 0.6) is 0 Å². The SMILES string of the molecule is CC(C)(C)OC(=O)N[C@@H](Cc1cccc(-c2ccc(Cl)cc2)c1)C(=O)O. The van der Waals surface area contributed by atoms with Gasteiger partial charge in [0.25, 0.3) is 0 Å². The van der Waals surface area contributed by atoms with Crippen molar-refractivity contribution in [2.75, 3.05) is 0 Å². The molecule has 0 unspecified atom stereocenters. The number of amides is 1. The highest BCUT2D eigenvalue weighted by molar-refractivity contribution is 6.30. The fourth-order valence-electron chi connectivity index (χ4n) is 2.41. The first-order chi connectivity index (χ1) is 12.1. The van der Waals surface area contributed by atoms with Crippen LogP contribution in [0.1, 0.15) is 26.3 Å². The maximum Gasteiger partial charge on any atom is 0.408 e. The van der Waals surface area contributed by atoms with Crippen molar-refractivity contribution in [1.82, 2.24) is 5.32 Å². The van der Waals surface area contributed by atoms with Crippen molar-refractivity contribution < 1.29 is 19.4 Å². The first-order valence-electron chi connectivity index (χ1n) is 8.21. The molecule has 0 heterocycles. The van der Waals surface area contributed by atoms with Gasteiger partial charge < -0.3 is 15.2 Å². The molecule has 1 amide bonds. The second-order valence-electron chi connectivity index (χ2n) is 6.95. The lowest BCUT2D eigenvalue weighted by Crippen LogP contribution is -2.44. The van der Waals surface area contributed by atoms with Gasteiger partial charge in [-0.15, -0.1) is 0 Å². The van der Waals surface area contributed by atoms with Gasteiger partial charge in [0.15, 0.2) is 0 Å². The number of carboxylic acid groups (broad SMARTS) is 1. The number of carboxylic acids is 1. The van der Waals surface area contributed by atoms with Crippen LogP contribution < -0.4 is 5.32 Å². The number of hydrogen-bond donors (Lipinski definition) is 2. The Balaban J connectivity index is 2.14. The minimum absolute atomic E-state index is 0.149. The first kappa shape index (κ1) is 19.8. The third kappa shape index (κ3) is 6.08. The van der Waals surface area contributed by atoms with Crippen LogP contribution in [0.4, 0.5) is 4.79 Å². The standard InChI is InChI=1S/C20H22ClNO4/c1-20(2,3)26-19(25)22-17(18(23)24)12-13-5-4-6-15(11-13)14-7-9-16(21)10-8-14/h4-11,17H,12H2,1-3H3,(H,22,25)(H,23,24)/t17-/m0/s1. The van der Waals surface area contributed by atoms with E-state index in [1.807, 2.05) is 36.4 Å². The summed E-state index contributed by atoms with van der Waals surface area (Å²) in [5, 5.41) is 12.5. The molecular weight excluding hydrogens is 354 g/mol. The van der Waals surface area contributed by atoms with Crippen LogP contribution >= 0.6 is 11.6 Å². The second-order valence-corrected chi connectivity index (χ2v) is 7.38. The van der Waals surface area contributed by atoms with Crippen LogP contribution in [-0.2, 0) is 16.0 Å². The molecule has 0 bridgehead atoms. The van der Waals surface area contributed by atoms with Crippen molar-refractivity contribution >= 4 is 23.7 Å². The number of rotatable bonds is 5. The summed E-state index contributed by atoms with van der Waals surface area (Å²) < 4.78 is 5.13. The number of alkyl carbamates (subject to hydrolysis) is 1. The summed E-state index contributed by atoms with van der Waals surface area (Å²) in [5.74, 6) is -1.12. The summed E-state index contributed by atoms with van der Waals surface area (Å²) >= 11 is 5.91. The number of aliphatic carboxylic acids is 1. The summed E-state index contributed by atoms with van der Waals surface area (Å²) in [6.07, 6.45) is -0.602. The van der Waals surface area contributed by atoms with Gasteiger partial charge in [-0.2, -0.15) is 0 Å². The van der Waals surface area contributed by atoms with Gasteiger partial charge >= 0.3 is 12.1 Å². The van der Waals surface area contributed by atoms with E-state index in [0.29, 0.717) is 5.02 Å². The van der Waals surface area contributed by atoms with E-state index in [9.17, 15) is 14.7 Å². The quantitative estimate of drug-likeness (QED) is 0.805. The largest absolute Gasteiger partial charge is 0.480 e. The van der Waals surface area contributed by atoms with Crippen molar-refractivity contribution in [3.05, 3.63) is 59.1 Å². The van der Waals surface area contributed by atoms with Gasteiger partial charge in [-0.05, 0) is 49.6 Å². The molecule has 0 saturated carbocycles. The van der Waals surface area contributed by atoms with Crippen molar-refractivity contribution in [3.8, 4) is 11.1 Å². The van der Waals surface area contributed by atoms with Gasteiger partial charge in [-0.1, -0.05) is 48.0 Å². The molecule has 26 heavy (non-hydrogen) atoms. The zero-order chi connectivity index (χ0) is 19.3. The molecule has 0 saturated heterocycles. The third-order valence-corrected chi connectivity index (χ3v) is 3.79. The van der Waals surface area contributed by atoms with E-state index in [-0.39, 0.29) is 6.42 Å². The van der Waals surface area contributed by atoms with Crippen molar-refractivity contribution in [1.29, 1.82) is 0 Å². The Morgan fingerprint density at radius 1 is 1.12 bits per heavy atom. The van der Waals surface area contributed by atoms with Crippen molar-refractivity contribution in [3.63, 3.8) is 0 Å². The van der Waals surface area contributed by atoms with Gasteiger partial charge in [-0.3, -0.25) is 0 Å². The zero-order valence-corrected chi connectivity index (χ0v) is 15.7. The second kappa shape index (κ2) is 8.23. The molecule has 0 radical (unpaired) electrons. The number of nitrogens with one attached hydrogen (secondary N) is 1. The van der Waals surface area contributed by atoms with Crippen molar-refractivity contribution in [2.45, 2.75) is 38.8 Å². The summed E-state index contributed by atoms with van der Waals surface area (Å²) in [5.41, 5.74) is 2.02. The van der Waals surface area contributed by atoms with E-state index in [4.69, 9.17) is 16.3 Å². The van der Waals surface area contributed by atoms with Crippen LogP contribution in [0.2, 0.25) is 5.02 Å². The average Bonchev–Trinajstić information content (AvgIpc) is 2.53. The van der Waals surface area contributed by atoms with Crippen LogP contribution in [0, 0.1) is 0 Å². The summed E-state index contributed by atoms with van der Waals surface area (Å²) in [4.78, 5) is 23.4. The van der Waals surface area contributed by atoms with E-state index < -0.39 is 23.7 Å². The monoisotopic (exact) mass is 375 g/mol. The lowest BCUT2D eigenvalue weighted by atomic mass is 9.99. The summed E-state index contributed by atoms with van der Waals surface area (Å²) in [6, 6.07) is 13.8. The Labute approximate surface area is 157 Å². The maximum absolute atomic E-state index is 11.9. The van der Waals surface area contributed by atoms with Gasteiger partial charge in [-0.25, -0.2) is 9.59 Å². The summed E-state index contributed by atoms with van der Waals surface area (Å²) in [7, 11) is 0. The fraction of sp³-hybridized carbons (Fsp3) is 0.300. The lowest BCUT2D eigenvalue weighted by molar-refractivity contribution is -0.139. The predicted molar refractivity (Wildman–Crippen MR) is 101 cm³/mol. The Hall–Kier alpha value is -2.53. The van der Waals surface area contributed by atoms with E-state index in [2.05, 4.69) is 5.32 Å². The molecular formula is C20H22ClNO4. The normalized spacial score (nSPS) is 12.3. The molecule has 1 atom stereocenters. The van der Waals surface area contributed by atoms with Crippen LogP contribution in [0.25, 0.3) is 11.1 Å². The smallest absolute Gasteiger partial charge is 0.408 e. The van der Waals surface area contributed by atoms with Gasteiger partial charge in [0.05, 0.1) is 0 Å². The van der Waals surface area contributed by atoms with Gasteiger partial charge in [0.2, 0.25) is 0 Å². The first-order valence-corrected chi connectivity index (χ1v) is 8.59. The third-order valence-electron chi connectivity index (χ3n) is 3.53. The summed E-state index contributed by atoms with van der Waals surface area (Å²) in [6.45, 7) is 5.16. The van der Waals surface area contributed by atoms with E-state index in [1.165, 1.54) is 0 Å². The number of benzene rings is 2. The molecule has 2 aromatic carbocycles. The molecule has 2 aromatic rings. The van der Waals surface area contributed by atoms with Crippen LogP contribution in [0.15, 0.2) is 48.5 Å².